The van der Waals surface area contributed by atoms with Crippen LogP contribution >= 0.6 is 22.9 Å². The minimum Gasteiger partial charge on any atom is -0.408 e. The average molecular weight is 339 g/mol. The molecular weight excluding hydrogens is 324 g/mol. The number of thiazole rings is 1. The van der Waals surface area contributed by atoms with E-state index in [1.807, 2.05) is 6.07 Å². The van der Waals surface area contributed by atoms with Gasteiger partial charge >= 0.3 is 5.97 Å². The van der Waals surface area contributed by atoms with Crippen LogP contribution in [0.25, 0.3) is 0 Å². The maximum absolute atomic E-state index is 12.1. The maximum Gasteiger partial charge on any atom is 0.312 e. The molecule has 0 N–H and O–H groups in total. The van der Waals surface area contributed by atoms with Crippen molar-refractivity contribution in [3.05, 3.63) is 39.5 Å². The summed E-state index contributed by atoms with van der Waals surface area (Å²) in [6, 6.07) is 7.08. The van der Waals surface area contributed by atoms with Crippen LogP contribution in [0.3, 0.4) is 0 Å². The van der Waals surface area contributed by atoms with E-state index in [9.17, 15) is 9.59 Å². The molecule has 0 amide bonds. The van der Waals surface area contributed by atoms with E-state index in [1.54, 1.807) is 37.4 Å². The lowest BCUT2D eigenvalue weighted by Gasteiger charge is -2.06. The van der Waals surface area contributed by atoms with Gasteiger partial charge in [-0.1, -0.05) is 37.6 Å². The SMILES string of the molecule is CCC(=O)Oc1csc(=Nc2ccccc2Cl)n1C(=O)CC. The van der Waals surface area contributed by atoms with Crippen LogP contribution in [0.5, 0.6) is 5.88 Å². The molecule has 0 saturated carbocycles. The molecule has 0 radical (unpaired) electrons. The summed E-state index contributed by atoms with van der Waals surface area (Å²) in [6.45, 7) is 3.42. The first-order valence-corrected chi connectivity index (χ1v) is 8.06. The fourth-order valence-corrected chi connectivity index (χ4v) is 2.66. The van der Waals surface area contributed by atoms with Gasteiger partial charge in [0, 0.05) is 12.8 Å². The number of rotatable bonds is 4. The van der Waals surface area contributed by atoms with E-state index >= 15 is 0 Å². The molecule has 1 aromatic carbocycles. The van der Waals surface area contributed by atoms with Crippen LogP contribution in [-0.4, -0.2) is 16.4 Å². The highest BCUT2D eigenvalue weighted by Gasteiger charge is 2.15. The molecule has 1 aromatic heterocycles. The summed E-state index contributed by atoms with van der Waals surface area (Å²) in [4.78, 5) is 28.4. The molecule has 0 saturated heterocycles. The van der Waals surface area contributed by atoms with Crippen LogP contribution < -0.4 is 9.54 Å². The fourth-order valence-electron chi connectivity index (χ4n) is 1.67. The van der Waals surface area contributed by atoms with Crippen molar-refractivity contribution in [1.29, 1.82) is 0 Å². The molecule has 0 spiro atoms. The molecule has 0 fully saturated rings. The topological polar surface area (TPSA) is 60.7 Å². The second-order valence-corrected chi connectivity index (χ2v) is 5.57. The van der Waals surface area contributed by atoms with Gasteiger partial charge in [-0.05, 0) is 12.1 Å². The van der Waals surface area contributed by atoms with Crippen LogP contribution in [0.2, 0.25) is 5.02 Å². The quantitative estimate of drug-likeness (QED) is 0.796. The van der Waals surface area contributed by atoms with Crippen LogP contribution in [0.4, 0.5) is 5.69 Å². The fraction of sp³-hybridized carbons (Fsp3) is 0.267. The van der Waals surface area contributed by atoms with E-state index in [0.29, 0.717) is 15.5 Å². The zero-order chi connectivity index (χ0) is 16.1. The predicted octanol–water partition coefficient (Wildman–Crippen LogP) is 3.80. The molecule has 2 rings (SSSR count). The van der Waals surface area contributed by atoms with Gasteiger partial charge in [-0.2, -0.15) is 0 Å². The van der Waals surface area contributed by atoms with Gasteiger partial charge in [-0.15, -0.1) is 11.3 Å². The Labute approximate surface area is 136 Å². The van der Waals surface area contributed by atoms with E-state index in [4.69, 9.17) is 16.3 Å². The molecule has 0 bridgehead atoms. The van der Waals surface area contributed by atoms with Crippen molar-refractivity contribution in [2.75, 3.05) is 0 Å². The summed E-state index contributed by atoms with van der Waals surface area (Å²) < 4.78 is 6.49. The van der Waals surface area contributed by atoms with Crippen molar-refractivity contribution in [3.63, 3.8) is 0 Å². The summed E-state index contributed by atoms with van der Waals surface area (Å²) in [6.07, 6.45) is 0.496. The summed E-state index contributed by atoms with van der Waals surface area (Å²) in [5.41, 5.74) is 0.553. The summed E-state index contributed by atoms with van der Waals surface area (Å²) >= 11 is 7.30. The highest BCUT2D eigenvalue weighted by atomic mass is 35.5. The van der Waals surface area contributed by atoms with Crippen LogP contribution in [0.1, 0.15) is 31.5 Å². The lowest BCUT2D eigenvalue weighted by Crippen LogP contribution is -2.24. The number of hydrogen-bond acceptors (Lipinski definition) is 5. The second kappa shape index (κ2) is 7.38. The number of carbonyl (C=O) groups is 2. The Hall–Kier alpha value is -1.92. The van der Waals surface area contributed by atoms with Crippen molar-refractivity contribution < 1.29 is 14.3 Å². The number of esters is 1. The standard InChI is InChI=1S/C15H15ClN2O3S/c1-3-12(19)18-13(21-14(20)4-2)9-22-15(18)17-11-8-6-5-7-10(11)16/h5-9H,3-4H2,1-2H3. The van der Waals surface area contributed by atoms with Crippen molar-refractivity contribution in [3.8, 4) is 5.88 Å². The highest BCUT2D eigenvalue weighted by molar-refractivity contribution is 7.07. The normalized spacial score (nSPS) is 11.5. The Bertz CT molecular complexity index is 764. The molecule has 0 aliphatic rings. The first kappa shape index (κ1) is 16.5. The lowest BCUT2D eigenvalue weighted by molar-refractivity contribution is -0.134. The van der Waals surface area contributed by atoms with E-state index in [1.165, 1.54) is 15.9 Å². The van der Waals surface area contributed by atoms with Crippen LogP contribution in [0, 0.1) is 0 Å². The van der Waals surface area contributed by atoms with Crippen LogP contribution in [0.15, 0.2) is 34.6 Å². The Kier molecular flexibility index (Phi) is 5.51. The first-order valence-electron chi connectivity index (χ1n) is 6.80. The summed E-state index contributed by atoms with van der Waals surface area (Å²) in [5, 5.41) is 2.08. The highest BCUT2D eigenvalue weighted by Crippen LogP contribution is 2.24. The zero-order valence-electron chi connectivity index (χ0n) is 12.2. The number of halogens is 1. The Morgan fingerprint density at radius 2 is 2.00 bits per heavy atom. The number of hydrogen-bond donors (Lipinski definition) is 0. The summed E-state index contributed by atoms with van der Waals surface area (Å²) in [7, 11) is 0. The van der Waals surface area contributed by atoms with Gasteiger partial charge in [-0.25, -0.2) is 9.56 Å². The molecule has 7 heteroatoms. The third-order valence-electron chi connectivity index (χ3n) is 2.80. The number of ether oxygens (including phenoxy) is 1. The van der Waals surface area contributed by atoms with Gasteiger partial charge in [-0.3, -0.25) is 9.59 Å². The molecule has 22 heavy (non-hydrogen) atoms. The van der Waals surface area contributed by atoms with Crippen molar-refractivity contribution in [2.45, 2.75) is 26.7 Å². The minimum absolute atomic E-state index is 0.189. The smallest absolute Gasteiger partial charge is 0.312 e. The van der Waals surface area contributed by atoms with Gasteiger partial charge in [0.05, 0.1) is 16.1 Å². The largest absolute Gasteiger partial charge is 0.408 e. The Morgan fingerprint density at radius 1 is 1.27 bits per heavy atom. The number of aromatic nitrogens is 1. The lowest BCUT2D eigenvalue weighted by atomic mass is 10.3. The van der Waals surface area contributed by atoms with Crippen molar-refractivity contribution in [2.24, 2.45) is 4.99 Å². The van der Waals surface area contributed by atoms with E-state index < -0.39 is 5.97 Å². The Balaban J connectivity index is 2.55. The molecule has 2 aromatic rings. The molecule has 116 valence electrons. The van der Waals surface area contributed by atoms with Gasteiger partial charge in [0.15, 0.2) is 4.80 Å². The zero-order valence-corrected chi connectivity index (χ0v) is 13.8. The maximum atomic E-state index is 12.1. The van der Waals surface area contributed by atoms with E-state index in [2.05, 4.69) is 4.99 Å². The monoisotopic (exact) mass is 338 g/mol. The summed E-state index contributed by atoms with van der Waals surface area (Å²) in [5.74, 6) is -0.416. The predicted molar refractivity (Wildman–Crippen MR) is 85.8 cm³/mol. The first-order chi connectivity index (χ1) is 10.6. The van der Waals surface area contributed by atoms with E-state index in [0.717, 1.165) is 0 Å². The number of benzene rings is 1. The number of nitrogens with zero attached hydrogens (tertiary/aromatic N) is 2. The number of carbonyl (C=O) groups excluding carboxylic acids is 2. The molecule has 0 unspecified atom stereocenters. The van der Waals surface area contributed by atoms with Gasteiger partial charge in [0.25, 0.3) is 0 Å². The van der Waals surface area contributed by atoms with Crippen LogP contribution in [-0.2, 0) is 4.79 Å². The molecular formula is C15H15ClN2O3S. The molecule has 5 nitrogen and oxygen atoms in total. The molecule has 0 aliphatic heterocycles. The average Bonchev–Trinajstić information content (AvgIpc) is 2.91. The second-order valence-electron chi connectivity index (χ2n) is 4.33. The third kappa shape index (κ3) is 3.64. The molecule has 1 heterocycles. The van der Waals surface area contributed by atoms with Gasteiger partial charge in [0.1, 0.15) is 0 Å². The van der Waals surface area contributed by atoms with Crippen molar-refractivity contribution in [1.82, 2.24) is 4.57 Å². The third-order valence-corrected chi connectivity index (χ3v) is 3.93. The van der Waals surface area contributed by atoms with Crippen molar-refractivity contribution >= 4 is 40.5 Å². The van der Waals surface area contributed by atoms with E-state index in [-0.39, 0.29) is 24.6 Å². The molecule has 0 aliphatic carbocycles. The number of para-hydroxylation sites is 1. The Morgan fingerprint density at radius 3 is 2.64 bits per heavy atom. The minimum atomic E-state index is -0.403. The van der Waals surface area contributed by atoms with Gasteiger partial charge in [0.2, 0.25) is 11.8 Å². The van der Waals surface area contributed by atoms with Gasteiger partial charge < -0.3 is 4.74 Å². The molecule has 0 atom stereocenters.